The maximum Gasteiger partial charge on any atom is 0.131 e. The molecule has 0 aromatic heterocycles. The van der Waals surface area contributed by atoms with Crippen molar-refractivity contribution in [3.05, 3.63) is 72.5 Å². The molecule has 0 N–H and O–H groups in total. The summed E-state index contributed by atoms with van der Waals surface area (Å²) in [5, 5.41) is 8.84. The first-order chi connectivity index (χ1) is 10.3. The summed E-state index contributed by atoms with van der Waals surface area (Å²) in [7, 11) is 0. The first-order valence-electron chi connectivity index (χ1n) is 7.08. The Morgan fingerprint density at radius 2 is 1.24 bits per heavy atom. The Hall–Kier alpha value is -2.67. The maximum atomic E-state index is 14.1. The molecule has 0 bridgehead atoms. The Balaban J connectivity index is 2.21. The van der Waals surface area contributed by atoms with Gasteiger partial charge in [0.15, 0.2) is 0 Å². The van der Waals surface area contributed by atoms with Crippen molar-refractivity contribution >= 4 is 43.1 Å². The summed E-state index contributed by atoms with van der Waals surface area (Å²) in [5.74, 6) is -0.148. The molecule has 5 aromatic rings. The molecule has 0 heterocycles. The molecule has 0 radical (unpaired) electrons. The van der Waals surface area contributed by atoms with Gasteiger partial charge >= 0.3 is 0 Å². The predicted octanol–water partition coefficient (Wildman–Crippen LogP) is 5.88. The van der Waals surface area contributed by atoms with E-state index in [0.29, 0.717) is 5.39 Å². The summed E-state index contributed by atoms with van der Waals surface area (Å²) in [6.45, 7) is 0. The maximum absolute atomic E-state index is 14.1. The molecule has 0 aliphatic heterocycles. The molecule has 0 amide bonds. The molecule has 0 spiro atoms. The standard InChI is InChI=1S/C20H11F/c21-18-10-7-12-5-6-14-11-13-3-1-2-4-15(13)16-8-9-17(18)19(12)20(14)16/h1-11H. The number of fused-ring (bicyclic) bond motifs is 2. The minimum atomic E-state index is -0.148. The molecule has 21 heavy (non-hydrogen) atoms. The van der Waals surface area contributed by atoms with Crippen molar-refractivity contribution in [3.8, 4) is 0 Å². The van der Waals surface area contributed by atoms with Gasteiger partial charge in [0.1, 0.15) is 5.82 Å². The average molecular weight is 270 g/mol. The molecule has 1 heteroatoms. The molecular weight excluding hydrogens is 259 g/mol. The van der Waals surface area contributed by atoms with Crippen molar-refractivity contribution in [3.63, 3.8) is 0 Å². The zero-order chi connectivity index (χ0) is 14.0. The molecule has 98 valence electrons. The van der Waals surface area contributed by atoms with Crippen LogP contribution in [0.3, 0.4) is 0 Å². The zero-order valence-electron chi connectivity index (χ0n) is 11.2. The van der Waals surface area contributed by atoms with Crippen molar-refractivity contribution in [2.75, 3.05) is 0 Å². The molecule has 5 aromatic carbocycles. The molecular formula is C20H11F. The van der Waals surface area contributed by atoms with Crippen molar-refractivity contribution in [2.45, 2.75) is 0 Å². The van der Waals surface area contributed by atoms with Gasteiger partial charge in [-0.05, 0) is 44.5 Å². The van der Waals surface area contributed by atoms with Gasteiger partial charge in [-0.2, -0.15) is 0 Å². The van der Waals surface area contributed by atoms with Crippen LogP contribution in [0.4, 0.5) is 4.39 Å². The molecule has 5 rings (SSSR count). The summed E-state index contributed by atoms with van der Waals surface area (Å²) in [5.41, 5.74) is 0. The van der Waals surface area contributed by atoms with Crippen LogP contribution in [0.1, 0.15) is 0 Å². The van der Waals surface area contributed by atoms with Crippen LogP contribution in [0, 0.1) is 5.82 Å². The third-order valence-corrected chi connectivity index (χ3v) is 4.45. The quantitative estimate of drug-likeness (QED) is 0.243. The molecule has 0 nitrogen and oxygen atoms in total. The molecule has 0 saturated carbocycles. The fraction of sp³-hybridized carbons (Fsp3) is 0. The monoisotopic (exact) mass is 270 g/mol. The van der Waals surface area contributed by atoms with Gasteiger partial charge in [0.25, 0.3) is 0 Å². The summed E-state index contributed by atoms with van der Waals surface area (Å²) < 4.78 is 14.1. The van der Waals surface area contributed by atoms with Crippen LogP contribution < -0.4 is 0 Å². The minimum absolute atomic E-state index is 0.148. The lowest BCUT2D eigenvalue weighted by molar-refractivity contribution is 0.640. The van der Waals surface area contributed by atoms with E-state index in [1.54, 1.807) is 6.07 Å². The summed E-state index contributed by atoms with van der Waals surface area (Å²) in [6.07, 6.45) is 0. The highest BCUT2D eigenvalue weighted by Crippen LogP contribution is 2.38. The van der Waals surface area contributed by atoms with Crippen LogP contribution in [0.15, 0.2) is 66.7 Å². The van der Waals surface area contributed by atoms with Crippen molar-refractivity contribution < 1.29 is 4.39 Å². The number of rotatable bonds is 0. The molecule has 0 atom stereocenters. The van der Waals surface area contributed by atoms with E-state index in [1.165, 1.54) is 26.9 Å². The Labute approximate surface area is 120 Å². The van der Waals surface area contributed by atoms with Gasteiger partial charge in [0.05, 0.1) is 0 Å². The summed E-state index contributed by atoms with van der Waals surface area (Å²) in [4.78, 5) is 0. The van der Waals surface area contributed by atoms with Crippen LogP contribution >= 0.6 is 0 Å². The second-order valence-corrected chi connectivity index (χ2v) is 5.57. The minimum Gasteiger partial charge on any atom is -0.206 e. The van der Waals surface area contributed by atoms with E-state index in [0.717, 1.165) is 10.8 Å². The molecule has 0 unspecified atom stereocenters. The van der Waals surface area contributed by atoms with E-state index in [4.69, 9.17) is 0 Å². The third-order valence-electron chi connectivity index (χ3n) is 4.45. The SMILES string of the molecule is Fc1ccc2ccc3cc4ccccc4c4ccc1c2c34. The van der Waals surface area contributed by atoms with E-state index in [2.05, 4.69) is 48.5 Å². The van der Waals surface area contributed by atoms with Gasteiger partial charge in [-0.15, -0.1) is 0 Å². The van der Waals surface area contributed by atoms with Gasteiger partial charge in [-0.3, -0.25) is 0 Å². The zero-order valence-corrected chi connectivity index (χ0v) is 11.2. The highest BCUT2D eigenvalue weighted by molar-refractivity contribution is 6.28. The van der Waals surface area contributed by atoms with Crippen LogP contribution in [-0.4, -0.2) is 0 Å². The Kier molecular flexibility index (Phi) is 1.95. The molecule has 0 fully saturated rings. The van der Waals surface area contributed by atoms with Crippen LogP contribution in [-0.2, 0) is 0 Å². The Bertz CT molecular complexity index is 1140. The van der Waals surface area contributed by atoms with Crippen molar-refractivity contribution in [2.24, 2.45) is 0 Å². The van der Waals surface area contributed by atoms with Crippen LogP contribution in [0.5, 0.6) is 0 Å². The molecule has 0 saturated heterocycles. The van der Waals surface area contributed by atoms with Gasteiger partial charge in [0, 0.05) is 10.8 Å². The lowest BCUT2D eigenvalue weighted by Crippen LogP contribution is -1.87. The smallest absolute Gasteiger partial charge is 0.131 e. The fourth-order valence-electron chi connectivity index (χ4n) is 3.52. The van der Waals surface area contributed by atoms with Gasteiger partial charge in [-0.1, -0.05) is 54.6 Å². The number of halogens is 1. The fourth-order valence-corrected chi connectivity index (χ4v) is 3.52. The topological polar surface area (TPSA) is 0 Å². The van der Waals surface area contributed by atoms with E-state index in [-0.39, 0.29) is 5.82 Å². The first kappa shape index (κ1) is 11.0. The first-order valence-corrected chi connectivity index (χ1v) is 7.08. The summed E-state index contributed by atoms with van der Waals surface area (Å²) in [6, 6.07) is 22.2. The molecule has 0 aliphatic rings. The lowest BCUT2D eigenvalue weighted by atomic mass is 9.91. The normalized spacial score (nSPS) is 12.0. The van der Waals surface area contributed by atoms with E-state index < -0.39 is 0 Å². The van der Waals surface area contributed by atoms with Crippen LogP contribution in [0.2, 0.25) is 0 Å². The van der Waals surface area contributed by atoms with Crippen molar-refractivity contribution in [1.29, 1.82) is 0 Å². The van der Waals surface area contributed by atoms with Gasteiger partial charge in [0.2, 0.25) is 0 Å². The van der Waals surface area contributed by atoms with Gasteiger partial charge < -0.3 is 0 Å². The second-order valence-electron chi connectivity index (χ2n) is 5.57. The summed E-state index contributed by atoms with van der Waals surface area (Å²) >= 11 is 0. The predicted molar refractivity (Wildman–Crippen MR) is 87.6 cm³/mol. The van der Waals surface area contributed by atoms with E-state index in [1.807, 2.05) is 12.1 Å². The van der Waals surface area contributed by atoms with E-state index >= 15 is 0 Å². The number of hydrogen-bond donors (Lipinski definition) is 0. The number of benzene rings is 5. The number of hydrogen-bond acceptors (Lipinski definition) is 0. The highest BCUT2D eigenvalue weighted by Gasteiger charge is 2.12. The molecule has 0 aliphatic carbocycles. The third kappa shape index (κ3) is 1.33. The average Bonchev–Trinajstić information content (AvgIpc) is 2.54. The largest absolute Gasteiger partial charge is 0.206 e. The second kappa shape index (κ2) is 3.70. The Morgan fingerprint density at radius 1 is 0.524 bits per heavy atom. The van der Waals surface area contributed by atoms with Crippen LogP contribution in [0.25, 0.3) is 43.1 Å². The lowest BCUT2D eigenvalue weighted by Gasteiger charge is -2.13. The highest BCUT2D eigenvalue weighted by atomic mass is 19.1. The Morgan fingerprint density at radius 3 is 2.19 bits per heavy atom. The van der Waals surface area contributed by atoms with Gasteiger partial charge in [-0.25, -0.2) is 4.39 Å². The van der Waals surface area contributed by atoms with E-state index in [9.17, 15) is 4.39 Å². The van der Waals surface area contributed by atoms with Crippen molar-refractivity contribution in [1.82, 2.24) is 0 Å².